The van der Waals surface area contributed by atoms with Gasteiger partial charge in [-0.05, 0) is 24.1 Å². The predicted octanol–water partition coefficient (Wildman–Crippen LogP) is 3.78. The van der Waals surface area contributed by atoms with Crippen molar-refractivity contribution in [1.29, 1.82) is 0 Å². The van der Waals surface area contributed by atoms with Crippen molar-refractivity contribution in [2.24, 2.45) is 0 Å². The van der Waals surface area contributed by atoms with E-state index in [-0.39, 0.29) is 6.04 Å². The van der Waals surface area contributed by atoms with Gasteiger partial charge in [-0.3, -0.25) is 0 Å². The molecule has 2 aromatic rings. The summed E-state index contributed by atoms with van der Waals surface area (Å²) in [6.07, 6.45) is 1.78. The van der Waals surface area contributed by atoms with Gasteiger partial charge in [-0.25, -0.2) is 4.98 Å². The zero-order valence-corrected chi connectivity index (χ0v) is 10.5. The number of nitrogens with one attached hydrogen (secondary N) is 1. The van der Waals surface area contributed by atoms with E-state index in [4.69, 9.17) is 11.6 Å². The number of benzene rings is 1. The fourth-order valence-corrected chi connectivity index (χ4v) is 1.95. The van der Waals surface area contributed by atoms with Gasteiger partial charge in [0, 0.05) is 12.1 Å². The van der Waals surface area contributed by atoms with Crippen LogP contribution in [0.4, 0.5) is 5.82 Å². The quantitative estimate of drug-likeness (QED) is 0.831. The normalized spacial score (nSPS) is 12.1. The molecule has 0 bridgehead atoms. The second kappa shape index (κ2) is 5.69. The Morgan fingerprint density at radius 3 is 2.59 bits per heavy atom. The molecule has 1 aromatic carbocycles. The molecule has 0 aliphatic carbocycles. The van der Waals surface area contributed by atoms with Crippen molar-refractivity contribution < 1.29 is 0 Å². The Hall–Kier alpha value is -1.54. The topological polar surface area (TPSA) is 24.9 Å². The average Bonchev–Trinajstić information content (AvgIpc) is 2.39. The molecule has 3 heteroatoms. The summed E-state index contributed by atoms with van der Waals surface area (Å²) >= 11 is 6.01. The minimum atomic E-state index is 0.0893. The highest BCUT2D eigenvalue weighted by molar-refractivity contribution is 6.18. The Balaban J connectivity index is 2.19. The third-order valence-electron chi connectivity index (χ3n) is 2.68. The van der Waals surface area contributed by atoms with Crippen molar-refractivity contribution in [3.05, 3.63) is 59.8 Å². The van der Waals surface area contributed by atoms with Gasteiger partial charge in [0.05, 0.1) is 6.04 Å². The fraction of sp³-hybridized carbons (Fsp3) is 0.214. The number of pyridine rings is 1. The Labute approximate surface area is 107 Å². The lowest BCUT2D eigenvalue weighted by Gasteiger charge is -2.18. The number of hydrogen-bond acceptors (Lipinski definition) is 2. The van der Waals surface area contributed by atoms with E-state index in [1.807, 2.05) is 37.3 Å². The van der Waals surface area contributed by atoms with Crippen LogP contribution in [0, 0.1) is 6.92 Å². The van der Waals surface area contributed by atoms with Crippen LogP contribution in [-0.2, 0) is 0 Å². The molecule has 0 radical (unpaired) electrons. The maximum absolute atomic E-state index is 6.01. The lowest BCUT2D eigenvalue weighted by atomic mass is 10.1. The molecular weight excluding hydrogens is 232 g/mol. The fourth-order valence-electron chi connectivity index (χ4n) is 1.70. The Kier molecular flexibility index (Phi) is 3.99. The van der Waals surface area contributed by atoms with Crippen LogP contribution >= 0.6 is 11.6 Å². The second-order valence-corrected chi connectivity index (χ2v) is 4.24. The summed E-state index contributed by atoms with van der Waals surface area (Å²) in [4.78, 5) is 4.32. The highest BCUT2D eigenvalue weighted by Gasteiger charge is 2.10. The summed E-state index contributed by atoms with van der Waals surface area (Å²) in [5.74, 6) is 1.40. The number of hydrogen-bond donors (Lipinski definition) is 1. The summed E-state index contributed by atoms with van der Waals surface area (Å²) in [5.41, 5.74) is 2.30. The molecule has 88 valence electrons. The second-order valence-electron chi connectivity index (χ2n) is 3.93. The molecule has 0 fully saturated rings. The summed E-state index contributed by atoms with van der Waals surface area (Å²) in [7, 11) is 0. The molecule has 0 saturated heterocycles. The first-order valence-corrected chi connectivity index (χ1v) is 6.14. The lowest BCUT2D eigenvalue weighted by Crippen LogP contribution is -2.13. The van der Waals surface area contributed by atoms with Crippen molar-refractivity contribution in [3.8, 4) is 0 Å². The third kappa shape index (κ3) is 2.98. The summed E-state index contributed by atoms with van der Waals surface area (Å²) < 4.78 is 0. The molecule has 0 amide bonds. The van der Waals surface area contributed by atoms with Crippen molar-refractivity contribution >= 4 is 17.4 Å². The van der Waals surface area contributed by atoms with Gasteiger partial charge in [0.15, 0.2) is 0 Å². The van der Waals surface area contributed by atoms with E-state index in [0.29, 0.717) is 5.88 Å². The summed E-state index contributed by atoms with van der Waals surface area (Å²) in [6, 6.07) is 14.2. The highest BCUT2D eigenvalue weighted by Crippen LogP contribution is 2.21. The summed E-state index contributed by atoms with van der Waals surface area (Å²) in [5, 5.41) is 3.37. The minimum absolute atomic E-state index is 0.0893. The van der Waals surface area contributed by atoms with Crippen LogP contribution in [0.15, 0.2) is 48.7 Å². The van der Waals surface area contributed by atoms with Gasteiger partial charge in [0.2, 0.25) is 0 Å². The van der Waals surface area contributed by atoms with Gasteiger partial charge >= 0.3 is 0 Å². The first-order valence-electron chi connectivity index (χ1n) is 5.60. The van der Waals surface area contributed by atoms with Crippen LogP contribution in [0.2, 0.25) is 0 Å². The molecule has 0 aliphatic heterocycles. The molecule has 1 N–H and O–H groups in total. The maximum Gasteiger partial charge on any atom is 0.129 e. The van der Waals surface area contributed by atoms with Gasteiger partial charge in [-0.15, -0.1) is 11.6 Å². The molecule has 17 heavy (non-hydrogen) atoms. The average molecular weight is 247 g/mol. The van der Waals surface area contributed by atoms with Crippen LogP contribution < -0.4 is 5.32 Å². The number of anilines is 1. The van der Waals surface area contributed by atoms with E-state index in [9.17, 15) is 0 Å². The molecule has 1 atom stereocenters. The smallest absolute Gasteiger partial charge is 0.129 e. The molecule has 0 aliphatic rings. The third-order valence-corrected chi connectivity index (χ3v) is 2.99. The van der Waals surface area contributed by atoms with Gasteiger partial charge in [-0.1, -0.05) is 36.4 Å². The molecule has 2 rings (SSSR count). The molecule has 0 saturated carbocycles. The van der Waals surface area contributed by atoms with E-state index < -0.39 is 0 Å². The van der Waals surface area contributed by atoms with Crippen molar-refractivity contribution in [1.82, 2.24) is 4.98 Å². The van der Waals surface area contributed by atoms with Crippen LogP contribution in [-0.4, -0.2) is 10.9 Å². The Morgan fingerprint density at radius 2 is 1.94 bits per heavy atom. The van der Waals surface area contributed by atoms with Crippen LogP contribution in [0.25, 0.3) is 0 Å². The van der Waals surface area contributed by atoms with Gasteiger partial charge in [0.25, 0.3) is 0 Å². The molecule has 1 unspecified atom stereocenters. The van der Waals surface area contributed by atoms with Crippen LogP contribution in [0.3, 0.4) is 0 Å². The van der Waals surface area contributed by atoms with E-state index in [1.54, 1.807) is 6.20 Å². The van der Waals surface area contributed by atoms with Gasteiger partial charge < -0.3 is 5.32 Å². The van der Waals surface area contributed by atoms with Crippen LogP contribution in [0.5, 0.6) is 0 Å². The molecule has 2 nitrogen and oxygen atoms in total. The minimum Gasteiger partial charge on any atom is -0.362 e. The largest absolute Gasteiger partial charge is 0.362 e. The number of rotatable bonds is 4. The van der Waals surface area contributed by atoms with E-state index in [1.165, 1.54) is 5.56 Å². The molecule has 0 spiro atoms. The highest BCUT2D eigenvalue weighted by atomic mass is 35.5. The Morgan fingerprint density at radius 1 is 1.18 bits per heavy atom. The Bertz CT molecular complexity index is 471. The standard InChI is InChI=1S/C14H15ClN2/c1-11-6-5-9-16-14(11)17-13(10-15)12-7-3-2-4-8-12/h2-9,13H,10H2,1H3,(H,16,17). The first kappa shape index (κ1) is 11.9. The maximum atomic E-state index is 6.01. The molecular formula is C14H15ClN2. The van der Waals surface area contributed by atoms with Crippen molar-refractivity contribution in [3.63, 3.8) is 0 Å². The zero-order chi connectivity index (χ0) is 12.1. The molecule has 1 heterocycles. The number of nitrogens with zero attached hydrogens (tertiary/aromatic N) is 1. The van der Waals surface area contributed by atoms with Crippen molar-refractivity contribution in [2.45, 2.75) is 13.0 Å². The number of halogens is 1. The van der Waals surface area contributed by atoms with E-state index in [2.05, 4.69) is 22.4 Å². The van der Waals surface area contributed by atoms with Crippen LogP contribution in [0.1, 0.15) is 17.2 Å². The predicted molar refractivity (Wildman–Crippen MR) is 72.5 cm³/mol. The van der Waals surface area contributed by atoms with E-state index >= 15 is 0 Å². The SMILES string of the molecule is Cc1cccnc1NC(CCl)c1ccccc1. The van der Waals surface area contributed by atoms with Gasteiger partial charge in [-0.2, -0.15) is 0 Å². The zero-order valence-electron chi connectivity index (χ0n) is 9.73. The number of aromatic nitrogens is 1. The van der Waals surface area contributed by atoms with Gasteiger partial charge in [0.1, 0.15) is 5.82 Å². The van der Waals surface area contributed by atoms with E-state index in [0.717, 1.165) is 11.4 Å². The number of alkyl halides is 1. The lowest BCUT2D eigenvalue weighted by molar-refractivity contribution is 0.879. The summed E-state index contributed by atoms with van der Waals surface area (Å²) in [6.45, 7) is 2.03. The number of aryl methyl sites for hydroxylation is 1. The van der Waals surface area contributed by atoms with Crippen molar-refractivity contribution in [2.75, 3.05) is 11.2 Å². The monoisotopic (exact) mass is 246 g/mol. The first-order chi connectivity index (χ1) is 8.31. The molecule has 1 aromatic heterocycles.